The van der Waals surface area contributed by atoms with Crippen LogP contribution in [0.2, 0.25) is 0 Å². The minimum atomic E-state index is -0.284. The number of benzene rings is 4. The first-order valence-corrected chi connectivity index (χ1v) is 10.3. The van der Waals surface area contributed by atoms with E-state index in [0.717, 1.165) is 24.0 Å². The third-order valence-corrected chi connectivity index (χ3v) is 7.26. The predicted octanol–water partition coefficient (Wildman–Crippen LogP) is 6.31. The molecule has 7 rings (SSSR count). The van der Waals surface area contributed by atoms with Gasteiger partial charge in [0.05, 0.1) is 4.92 Å². The summed E-state index contributed by atoms with van der Waals surface area (Å²) in [6.07, 6.45) is 1.73. The van der Waals surface area contributed by atoms with Gasteiger partial charge in [0.25, 0.3) is 5.69 Å². The van der Waals surface area contributed by atoms with Crippen molar-refractivity contribution in [1.29, 1.82) is 0 Å². The highest BCUT2D eigenvalue weighted by Crippen LogP contribution is 2.62. The van der Waals surface area contributed by atoms with E-state index in [2.05, 4.69) is 60.7 Å². The molecule has 0 saturated carbocycles. The lowest BCUT2D eigenvalue weighted by atomic mass is 9.60. The highest BCUT2D eigenvalue weighted by molar-refractivity contribution is 5.97. The Labute approximate surface area is 173 Å². The van der Waals surface area contributed by atoms with Crippen molar-refractivity contribution in [3.63, 3.8) is 0 Å². The molecule has 0 N–H and O–H groups in total. The molecule has 1 spiro atoms. The molecule has 4 aromatic rings. The lowest BCUT2D eigenvalue weighted by molar-refractivity contribution is -0.384. The largest absolute Gasteiger partial charge is 0.269 e. The third-order valence-electron chi connectivity index (χ3n) is 7.26. The van der Waals surface area contributed by atoms with Crippen molar-refractivity contribution in [2.75, 3.05) is 0 Å². The second-order valence-corrected chi connectivity index (χ2v) is 8.65. The van der Waals surface area contributed by atoms with E-state index in [1.807, 2.05) is 6.07 Å². The molecule has 3 nitrogen and oxygen atoms in total. The maximum absolute atomic E-state index is 11.5. The van der Waals surface area contributed by atoms with Crippen LogP contribution < -0.4 is 0 Å². The maximum atomic E-state index is 11.5. The van der Waals surface area contributed by atoms with Gasteiger partial charge in [-0.1, -0.05) is 60.7 Å². The van der Waals surface area contributed by atoms with Gasteiger partial charge in [-0.3, -0.25) is 10.1 Å². The van der Waals surface area contributed by atoms with E-state index in [-0.39, 0.29) is 16.0 Å². The molecule has 3 heteroatoms. The smallest absolute Gasteiger partial charge is 0.258 e. The van der Waals surface area contributed by atoms with Crippen molar-refractivity contribution in [2.45, 2.75) is 18.3 Å². The van der Waals surface area contributed by atoms with Crippen LogP contribution in [-0.2, 0) is 18.3 Å². The van der Waals surface area contributed by atoms with Crippen LogP contribution in [0.3, 0.4) is 0 Å². The van der Waals surface area contributed by atoms with Gasteiger partial charge >= 0.3 is 0 Å². The number of nitrogens with zero attached hydrogens (tertiary/aromatic N) is 1. The number of hydrogen-bond donors (Lipinski definition) is 0. The first-order chi connectivity index (χ1) is 14.7. The van der Waals surface area contributed by atoms with E-state index in [0.29, 0.717) is 0 Å². The summed E-state index contributed by atoms with van der Waals surface area (Å²) in [4.78, 5) is 11.2. The summed E-state index contributed by atoms with van der Waals surface area (Å²) in [6.45, 7) is 0. The summed E-state index contributed by atoms with van der Waals surface area (Å²) < 4.78 is 0. The van der Waals surface area contributed by atoms with Crippen LogP contribution >= 0.6 is 0 Å². The quantitative estimate of drug-likeness (QED) is 0.284. The number of rotatable bonds is 1. The second kappa shape index (κ2) is 5.25. The van der Waals surface area contributed by atoms with E-state index >= 15 is 0 Å². The van der Waals surface area contributed by atoms with Crippen LogP contribution in [0.1, 0.15) is 22.3 Å². The molecule has 0 aromatic heterocycles. The lowest BCUT2D eigenvalue weighted by Gasteiger charge is -2.42. The molecule has 0 heterocycles. The van der Waals surface area contributed by atoms with Gasteiger partial charge in [0.1, 0.15) is 0 Å². The van der Waals surface area contributed by atoms with E-state index < -0.39 is 0 Å². The van der Waals surface area contributed by atoms with Gasteiger partial charge in [0.2, 0.25) is 0 Å². The van der Waals surface area contributed by atoms with Crippen LogP contribution in [0, 0.1) is 10.1 Å². The molecule has 0 fully saturated rings. The highest BCUT2D eigenvalue weighted by Gasteiger charge is 2.51. The Hall–Kier alpha value is -3.72. The van der Waals surface area contributed by atoms with Crippen molar-refractivity contribution in [3.05, 3.63) is 111 Å². The van der Waals surface area contributed by atoms with E-state index in [4.69, 9.17) is 0 Å². The molecule has 0 bridgehead atoms. The average Bonchev–Trinajstić information content (AvgIpc) is 3.05. The summed E-state index contributed by atoms with van der Waals surface area (Å²) in [6, 6.07) is 27.3. The van der Waals surface area contributed by atoms with Gasteiger partial charge in [-0.2, -0.15) is 0 Å². The van der Waals surface area contributed by atoms with Gasteiger partial charge in [0, 0.05) is 17.5 Å². The number of hydrogen-bond acceptors (Lipinski definition) is 2. The van der Waals surface area contributed by atoms with E-state index in [1.165, 1.54) is 44.5 Å². The predicted molar refractivity (Wildman–Crippen MR) is 118 cm³/mol. The normalized spacial score (nSPS) is 18.8. The SMILES string of the molecule is O=[N+]([O-])c1ccc2c(c1)CC13Cc4ccccc4-c4cccc(c41)-c1cccc-2c13. The molecule has 1 unspecified atom stereocenters. The minimum Gasteiger partial charge on any atom is -0.258 e. The van der Waals surface area contributed by atoms with Crippen LogP contribution in [0.15, 0.2) is 78.9 Å². The third kappa shape index (κ3) is 1.77. The fourth-order valence-corrected chi connectivity index (χ4v) is 6.26. The first-order valence-electron chi connectivity index (χ1n) is 10.3. The zero-order chi connectivity index (χ0) is 20.0. The Morgan fingerprint density at radius 2 is 1.17 bits per heavy atom. The summed E-state index contributed by atoms with van der Waals surface area (Å²) in [7, 11) is 0. The number of fused-ring (bicyclic) bond motifs is 5. The molecule has 1 atom stereocenters. The van der Waals surface area contributed by atoms with Gasteiger partial charge in [-0.25, -0.2) is 0 Å². The minimum absolute atomic E-state index is 0.158. The molecule has 142 valence electrons. The summed E-state index contributed by atoms with van der Waals surface area (Å²) >= 11 is 0. The van der Waals surface area contributed by atoms with E-state index in [9.17, 15) is 10.1 Å². The van der Waals surface area contributed by atoms with Gasteiger partial charge in [-0.05, 0) is 74.5 Å². The monoisotopic (exact) mass is 387 g/mol. The van der Waals surface area contributed by atoms with Crippen molar-refractivity contribution >= 4 is 5.69 Å². The zero-order valence-corrected chi connectivity index (χ0v) is 16.2. The van der Waals surface area contributed by atoms with Gasteiger partial charge < -0.3 is 0 Å². The summed E-state index contributed by atoms with van der Waals surface area (Å²) in [5.74, 6) is 0. The Kier molecular flexibility index (Phi) is 2.82. The molecule has 3 aliphatic carbocycles. The highest BCUT2D eigenvalue weighted by atomic mass is 16.6. The second-order valence-electron chi connectivity index (χ2n) is 8.65. The molecule has 4 aromatic carbocycles. The fraction of sp³-hybridized carbons (Fsp3) is 0.111. The molecule has 3 aliphatic rings. The zero-order valence-electron chi connectivity index (χ0n) is 16.2. The molecular weight excluding hydrogens is 370 g/mol. The van der Waals surface area contributed by atoms with Crippen molar-refractivity contribution in [3.8, 4) is 33.4 Å². The van der Waals surface area contributed by atoms with Gasteiger partial charge in [-0.15, -0.1) is 0 Å². The Morgan fingerprint density at radius 1 is 0.633 bits per heavy atom. The molecule has 0 amide bonds. The summed E-state index contributed by atoms with van der Waals surface area (Å²) in [5, 5.41) is 11.5. The molecule has 30 heavy (non-hydrogen) atoms. The van der Waals surface area contributed by atoms with Crippen LogP contribution in [0.4, 0.5) is 5.69 Å². The topological polar surface area (TPSA) is 43.1 Å². The van der Waals surface area contributed by atoms with Crippen molar-refractivity contribution in [1.82, 2.24) is 0 Å². The first kappa shape index (κ1) is 16.1. The van der Waals surface area contributed by atoms with E-state index in [1.54, 1.807) is 12.1 Å². The van der Waals surface area contributed by atoms with Crippen LogP contribution in [0.5, 0.6) is 0 Å². The Morgan fingerprint density at radius 3 is 1.83 bits per heavy atom. The van der Waals surface area contributed by atoms with Crippen LogP contribution in [-0.4, -0.2) is 4.92 Å². The molecule has 0 radical (unpaired) electrons. The molecular formula is C27H17NO2. The maximum Gasteiger partial charge on any atom is 0.269 e. The summed E-state index contributed by atoms with van der Waals surface area (Å²) in [5.41, 5.74) is 12.9. The lowest BCUT2D eigenvalue weighted by Crippen LogP contribution is -2.36. The van der Waals surface area contributed by atoms with Gasteiger partial charge in [0.15, 0.2) is 0 Å². The van der Waals surface area contributed by atoms with Crippen molar-refractivity contribution < 1.29 is 4.92 Å². The molecule has 0 aliphatic heterocycles. The Bertz CT molecular complexity index is 1430. The molecule has 0 saturated heterocycles. The van der Waals surface area contributed by atoms with Crippen molar-refractivity contribution in [2.24, 2.45) is 0 Å². The van der Waals surface area contributed by atoms with Crippen LogP contribution in [0.25, 0.3) is 33.4 Å². The fourth-order valence-electron chi connectivity index (χ4n) is 6.26. The standard InChI is InChI=1S/C27H17NO2/c29-28(30)18-11-12-20-17(13-18)15-27-14-16-5-1-2-6-19(16)21-7-3-9-23(25(21)27)24-10-4-8-22(20)26(24)27/h1-13H,14-15H2. The number of nitro groups is 1. The number of nitro benzene ring substituents is 1. The number of non-ortho nitro benzene ring substituents is 1. The Balaban J connectivity index is 1.61. The average molecular weight is 387 g/mol.